The van der Waals surface area contributed by atoms with E-state index in [2.05, 4.69) is 5.32 Å². The predicted molar refractivity (Wildman–Crippen MR) is 100 cm³/mol. The predicted octanol–water partition coefficient (Wildman–Crippen LogP) is 4.94. The molecule has 0 fully saturated rings. The summed E-state index contributed by atoms with van der Waals surface area (Å²) < 4.78 is 11.2. The van der Waals surface area contributed by atoms with Gasteiger partial charge in [0.25, 0.3) is 0 Å². The second-order valence-electron chi connectivity index (χ2n) is 5.89. The molecular weight excluding hydrogens is 326 g/mol. The quantitative estimate of drug-likeness (QED) is 0.522. The van der Waals surface area contributed by atoms with Crippen molar-refractivity contribution in [3.8, 4) is 0 Å². The molecule has 0 saturated carbocycles. The Morgan fingerprint density at radius 1 is 0.962 bits per heavy atom. The average molecular weight is 343 g/mol. The first kappa shape index (κ1) is 16.0. The summed E-state index contributed by atoms with van der Waals surface area (Å²) in [6.07, 6.45) is 4.66. The van der Waals surface area contributed by atoms with Crippen molar-refractivity contribution in [2.75, 3.05) is 0 Å². The summed E-state index contributed by atoms with van der Waals surface area (Å²) >= 11 is 0. The lowest BCUT2D eigenvalue weighted by Crippen LogP contribution is -2.27. The van der Waals surface area contributed by atoms with Crippen LogP contribution >= 0.6 is 0 Å². The molecule has 0 unspecified atom stereocenters. The molecule has 4 aromatic rings. The number of rotatable bonds is 5. The van der Waals surface area contributed by atoms with Crippen molar-refractivity contribution in [2.45, 2.75) is 6.04 Å². The van der Waals surface area contributed by atoms with Crippen LogP contribution in [0.1, 0.15) is 23.1 Å². The Hall–Kier alpha value is -3.53. The van der Waals surface area contributed by atoms with Crippen LogP contribution in [0.3, 0.4) is 0 Å². The van der Waals surface area contributed by atoms with Gasteiger partial charge in [0.2, 0.25) is 5.91 Å². The Labute approximate surface area is 150 Å². The topological polar surface area (TPSA) is 55.4 Å². The third kappa shape index (κ3) is 3.44. The lowest BCUT2D eigenvalue weighted by atomic mass is 10.0. The number of hydrogen-bond donors (Lipinski definition) is 1. The number of furan rings is 2. The van der Waals surface area contributed by atoms with Crippen LogP contribution < -0.4 is 5.32 Å². The SMILES string of the molecule is O=C(/C=C/c1ccco1)N[C@H](c1ccccc1)c1cc2ccccc2o1. The smallest absolute Gasteiger partial charge is 0.244 e. The van der Waals surface area contributed by atoms with Crippen LogP contribution in [0.4, 0.5) is 0 Å². The van der Waals surface area contributed by atoms with Gasteiger partial charge in [-0.3, -0.25) is 4.79 Å². The molecule has 0 bridgehead atoms. The van der Waals surface area contributed by atoms with E-state index in [4.69, 9.17) is 8.83 Å². The first-order valence-corrected chi connectivity index (χ1v) is 8.35. The van der Waals surface area contributed by atoms with E-state index < -0.39 is 0 Å². The van der Waals surface area contributed by atoms with Crippen LogP contribution in [0.2, 0.25) is 0 Å². The number of benzene rings is 2. The minimum Gasteiger partial charge on any atom is -0.465 e. The summed E-state index contributed by atoms with van der Waals surface area (Å²) in [7, 11) is 0. The van der Waals surface area contributed by atoms with Gasteiger partial charge in [0.05, 0.1) is 6.26 Å². The lowest BCUT2D eigenvalue weighted by molar-refractivity contribution is -0.117. The summed E-state index contributed by atoms with van der Waals surface area (Å²) in [4.78, 5) is 12.4. The molecule has 4 rings (SSSR count). The second-order valence-corrected chi connectivity index (χ2v) is 5.89. The molecule has 0 aliphatic rings. The van der Waals surface area contributed by atoms with Gasteiger partial charge in [-0.2, -0.15) is 0 Å². The Balaban J connectivity index is 1.64. The number of para-hydroxylation sites is 1. The number of carbonyl (C=O) groups is 1. The highest BCUT2D eigenvalue weighted by molar-refractivity contribution is 5.92. The molecule has 128 valence electrons. The molecule has 1 atom stereocenters. The maximum atomic E-state index is 12.4. The molecule has 1 N–H and O–H groups in total. The molecule has 2 aromatic carbocycles. The fourth-order valence-electron chi connectivity index (χ4n) is 2.84. The van der Waals surface area contributed by atoms with E-state index in [0.717, 1.165) is 16.5 Å². The van der Waals surface area contributed by atoms with Gasteiger partial charge in [-0.15, -0.1) is 0 Å². The third-order valence-electron chi connectivity index (χ3n) is 4.09. The minimum absolute atomic E-state index is 0.226. The van der Waals surface area contributed by atoms with Crippen molar-refractivity contribution in [3.63, 3.8) is 0 Å². The number of hydrogen-bond acceptors (Lipinski definition) is 3. The zero-order chi connectivity index (χ0) is 17.8. The molecule has 0 aliphatic carbocycles. The van der Waals surface area contributed by atoms with Gasteiger partial charge < -0.3 is 14.2 Å². The van der Waals surface area contributed by atoms with E-state index in [0.29, 0.717) is 11.5 Å². The van der Waals surface area contributed by atoms with E-state index in [-0.39, 0.29) is 11.9 Å². The van der Waals surface area contributed by atoms with Crippen molar-refractivity contribution < 1.29 is 13.6 Å². The fourth-order valence-corrected chi connectivity index (χ4v) is 2.84. The average Bonchev–Trinajstić information content (AvgIpc) is 3.34. The van der Waals surface area contributed by atoms with Crippen molar-refractivity contribution >= 4 is 23.0 Å². The van der Waals surface area contributed by atoms with Gasteiger partial charge in [0.1, 0.15) is 23.1 Å². The number of nitrogens with one attached hydrogen (secondary N) is 1. The van der Waals surface area contributed by atoms with Gasteiger partial charge in [-0.25, -0.2) is 0 Å². The molecular formula is C22H17NO3. The van der Waals surface area contributed by atoms with Crippen LogP contribution in [0.25, 0.3) is 17.0 Å². The summed E-state index contributed by atoms with van der Waals surface area (Å²) in [5, 5.41) is 4.02. The number of carbonyl (C=O) groups excluding carboxylic acids is 1. The monoisotopic (exact) mass is 343 g/mol. The van der Waals surface area contributed by atoms with E-state index in [9.17, 15) is 4.79 Å². The number of amides is 1. The van der Waals surface area contributed by atoms with Gasteiger partial charge in [0, 0.05) is 11.5 Å². The van der Waals surface area contributed by atoms with Crippen molar-refractivity contribution in [1.82, 2.24) is 5.32 Å². The van der Waals surface area contributed by atoms with Crippen LogP contribution in [0.5, 0.6) is 0 Å². The molecule has 4 heteroatoms. The zero-order valence-electron chi connectivity index (χ0n) is 14.0. The Bertz CT molecular complexity index is 997. The van der Waals surface area contributed by atoms with E-state index >= 15 is 0 Å². The van der Waals surface area contributed by atoms with Gasteiger partial charge in [0.15, 0.2) is 0 Å². The van der Waals surface area contributed by atoms with Gasteiger partial charge >= 0.3 is 0 Å². The molecule has 1 amide bonds. The van der Waals surface area contributed by atoms with Gasteiger partial charge in [-0.05, 0) is 35.9 Å². The molecule has 2 heterocycles. The molecule has 0 aliphatic heterocycles. The molecule has 0 radical (unpaired) electrons. The maximum Gasteiger partial charge on any atom is 0.244 e. The van der Waals surface area contributed by atoms with Gasteiger partial charge in [-0.1, -0.05) is 48.5 Å². The zero-order valence-corrected chi connectivity index (χ0v) is 14.0. The summed E-state index contributed by atoms with van der Waals surface area (Å²) in [5.41, 5.74) is 1.75. The van der Waals surface area contributed by atoms with E-state index in [1.165, 1.54) is 6.08 Å². The highest BCUT2D eigenvalue weighted by Gasteiger charge is 2.20. The Morgan fingerprint density at radius 3 is 2.54 bits per heavy atom. The normalized spacial score (nSPS) is 12.5. The second kappa shape index (κ2) is 7.15. The summed E-state index contributed by atoms with van der Waals surface area (Å²) in [5.74, 6) is 1.09. The standard InChI is InChI=1S/C22H17NO3/c24-21(13-12-18-10-6-14-25-18)23-22(16-7-2-1-3-8-16)20-15-17-9-4-5-11-19(17)26-20/h1-15,22H,(H,23,24)/b13-12+/t22-/m1/s1. The molecule has 0 spiro atoms. The van der Waals surface area contributed by atoms with Crippen molar-refractivity contribution in [3.05, 3.63) is 102 Å². The van der Waals surface area contributed by atoms with Crippen LogP contribution in [0, 0.1) is 0 Å². The minimum atomic E-state index is -0.377. The number of fused-ring (bicyclic) bond motifs is 1. The first-order valence-electron chi connectivity index (χ1n) is 8.35. The third-order valence-corrected chi connectivity index (χ3v) is 4.09. The van der Waals surface area contributed by atoms with Crippen LogP contribution in [-0.2, 0) is 4.79 Å². The molecule has 4 nitrogen and oxygen atoms in total. The molecule has 2 aromatic heterocycles. The van der Waals surface area contributed by atoms with E-state index in [1.807, 2.05) is 60.7 Å². The highest BCUT2D eigenvalue weighted by atomic mass is 16.3. The Kier molecular flexibility index (Phi) is 4.39. The molecule has 0 saturated heterocycles. The summed E-state index contributed by atoms with van der Waals surface area (Å²) in [6, 6.07) is 22.7. The lowest BCUT2D eigenvalue weighted by Gasteiger charge is -2.16. The van der Waals surface area contributed by atoms with Crippen LogP contribution in [0.15, 0.2) is 94.0 Å². The summed E-state index contributed by atoms with van der Waals surface area (Å²) in [6.45, 7) is 0. The first-order chi connectivity index (χ1) is 12.8. The van der Waals surface area contributed by atoms with Crippen molar-refractivity contribution in [1.29, 1.82) is 0 Å². The maximum absolute atomic E-state index is 12.4. The largest absolute Gasteiger partial charge is 0.465 e. The molecule has 26 heavy (non-hydrogen) atoms. The highest BCUT2D eigenvalue weighted by Crippen LogP contribution is 2.28. The van der Waals surface area contributed by atoms with Crippen LogP contribution in [-0.4, -0.2) is 5.91 Å². The Morgan fingerprint density at radius 2 is 1.77 bits per heavy atom. The fraction of sp³-hybridized carbons (Fsp3) is 0.0455. The van der Waals surface area contributed by atoms with E-state index in [1.54, 1.807) is 24.5 Å². The van der Waals surface area contributed by atoms with Crippen molar-refractivity contribution in [2.24, 2.45) is 0 Å².